The van der Waals surface area contributed by atoms with Crippen LogP contribution in [-0.2, 0) is 7.05 Å². The molecule has 0 saturated carbocycles. The number of oxazole rings is 1. The van der Waals surface area contributed by atoms with E-state index in [1.54, 1.807) is 17.8 Å². The Labute approximate surface area is 85.2 Å². The summed E-state index contributed by atoms with van der Waals surface area (Å²) in [5.41, 5.74) is 1.27. The average Bonchev–Trinajstić information content (AvgIpc) is 2.73. The third-order valence-electron chi connectivity index (χ3n) is 2.12. The number of carbonyl (C=O) groups is 1. The monoisotopic (exact) mass is 207 g/mol. The third-order valence-corrected chi connectivity index (χ3v) is 2.12. The molecule has 0 aliphatic heterocycles. The van der Waals surface area contributed by atoms with E-state index in [0.717, 1.165) is 12.1 Å². The van der Waals surface area contributed by atoms with Crippen molar-refractivity contribution in [2.45, 2.75) is 6.92 Å². The lowest BCUT2D eigenvalue weighted by Gasteiger charge is -1.91. The molecule has 0 radical (unpaired) electrons. The molecule has 15 heavy (non-hydrogen) atoms. The smallest absolute Gasteiger partial charge is 0.358 e. The van der Waals surface area contributed by atoms with Gasteiger partial charge in [-0.1, -0.05) is 0 Å². The summed E-state index contributed by atoms with van der Waals surface area (Å²) in [5, 5.41) is 13.0. The highest BCUT2D eigenvalue weighted by Gasteiger charge is 2.19. The largest absolute Gasteiger partial charge is 0.476 e. The molecule has 0 bridgehead atoms. The fraction of sp³-hybridized carbons (Fsp3) is 0.222. The van der Waals surface area contributed by atoms with E-state index < -0.39 is 5.97 Å². The van der Waals surface area contributed by atoms with Gasteiger partial charge in [0.25, 0.3) is 0 Å². The van der Waals surface area contributed by atoms with Crippen molar-refractivity contribution in [2.24, 2.45) is 7.05 Å². The Morgan fingerprint density at radius 3 is 2.87 bits per heavy atom. The summed E-state index contributed by atoms with van der Waals surface area (Å²) in [4.78, 5) is 14.4. The first-order chi connectivity index (χ1) is 7.09. The predicted octanol–water partition coefficient (Wildman–Crippen LogP) is 1.08. The van der Waals surface area contributed by atoms with Crippen molar-refractivity contribution >= 4 is 5.97 Å². The van der Waals surface area contributed by atoms with Gasteiger partial charge in [-0.2, -0.15) is 5.10 Å². The minimum Gasteiger partial charge on any atom is -0.476 e. The molecule has 0 fully saturated rings. The number of aromatic nitrogens is 3. The van der Waals surface area contributed by atoms with E-state index in [2.05, 4.69) is 10.1 Å². The van der Waals surface area contributed by atoms with Crippen LogP contribution in [0.5, 0.6) is 0 Å². The second-order valence-electron chi connectivity index (χ2n) is 3.13. The van der Waals surface area contributed by atoms with Crippen molar-refractivity contribution in [3.63, 3.8) is 0 Å². The second-order valence-corrected chi connectivity index (χ2v) is 3.13. The summed E-state index contributed by atoms with van der Waals surface area (Å²) in [6.07, 6.45) is 1.10. The molecule has 0 saturated heterocycles. The maximum Gasteiger partial charge on any atom is 0.358 e. The third kappa shape index (κ3) is 1.50. The highest BCUT2D eigenvalue weighted by Crippen LogP contribution is 2.22. The number of aryl methyl sites for hydroxylation is 2. The number of nitrogens with zero attached hydrogens (tertiary/aromatic N) is 3. The van der Waals surface area contributed by atoms with Crippen molar-refractivity contribution in [2.75, 3.05) is 0 Å². The molecule has 2 aromatic heterocycles. The topological polar surface area (TPSA) is 81.2 Å². The standard InChI is InChI=1S/C9H9N3O3/c1-5-3-6(11-12(5)2)8-7(9(13)14)10-4-15-8/h3-4H,1-2H3,(H,13,14). The van der Waals surface area contributed by atoms with Crippen LogP contribution in [0.25, 0.3) is 11.5 Å². The molecule has 0 spiro atoms. The maximum atomic E-state index is 10.8. The van der Waals surface area contributed by atoms with Crippen molar-refractivity contribution in [1.29, 1.82) is 0 Å². The highest BCUT2D eigenvalue weighted by atomic mass is 16.4. The Morgan fingerprint density at radius 1 is 1.60 bits per heavy atom. The zero-order valence-electron chi connectivity index (χ0n) is 8.26. The predicted molar refractivity (Wildman–Crippen MR) is 50.4 cm³/mol. The van der Waals surface area contributed by atoms with Gasteiger partial charge in [0.2, 0.25) is 0 Å². The highest BCUT2D eigenvalue weighted by molar-refractivity contribution is 5.91. The van der Waals surface area contributed by atoms with Crippen LogP contribution in [0.1, 0.15) is 16.2 Å². The van der Waals surface area contributed by atoms with E-state index in [1.165, 1.54) is 0 Å². The van der Waals surface area contributed by atoms with E-state index in [9.17, 15) is 4.79 Å². The molecule has 1 N–H and O–H groups in total. The van der Waals surface area contributed by atoms with Gasteiger partial charge in [0.05, 0.1) is 0 Å². The van der Waals surface area contributed by atoms with Crippen LogP contribution in [-0.4, -0.2) is 25.8 Å². The van der Waals surface area contributed by atoms with Gasteiger partial charge < -0.3 is 9.52 Å². The number of carboxylic acid groups (broad SMARTS) is 1. The van der Waals surface area contributed by atoms with E-state index >= 15 is 0 Å². The summed E-state index contributed by atoms with van der Waals surface area (Å²) >= 11 is 0. The van der Waals surface area contributed by atoms with Crippen molar-refractivity contribution in [1.82, 2.24) is 14.8 Å². The summed E-state index contributed by atoms with van der Waals surface area (Å²) in [5.74, 6) is -0.937. The van der Waals surface area contributed by atoms with Gasteiger partial charge in [0.15, 0.2) is 17.8 Å². The minimum atomic E-state index is -1.12. The molecule has 6 heteroatoms. The van der Waals surface area contributed by atoms with Crippen molar-refractivity contribution < 1.29 is 14.3 Å². The van der Waals surface area contributed by atoms with Crippen LogP contribution in [0.15, 0.2) is 16.9 Å². The molecule has 0 aliphatic rings. The Morgan fingerprint density at radius 2 is 2.33 bits per heavy atom. The zero-order valence-corrected chi connectivity index (χ0v) is 8.26. The van der Waals surface area contributed by atoms with E-state index in [4.69, 9.17) is 9.52 Å². The minimum absolute atomic E-state index is 0.117. The Balaban J connectivity index is 2.54. The fourth-order valence-corrected chi connectivity index (χ4v) is 1.25. The van der Waals surface area contributed by atoms with Crippen LogP contribution in [0.3, 0.4) is 0 Å². The number of hydrogen-bond donors (Lipinski definition) is 1. The molecule has 0 atom stereocenters. The van der Waals surface area contributed by atoms with Crippen molar-refractivity contribution in [3.05, 3.63) is 23.8 Å². The molecule has 0 amide bonds. The quantitative estimate of drug-likeness (QED) is 0.796. The van der Waals surface area contributed by atoms with Gasteiger partial charge in [-0.15, -0.1) is 0 Å². The first kappa shape index (κ1) is 9.45. The van der Waals surface area contributed by atoms with Gasteiger partial charge in [0, 0.05) is 12.7 Å². The lowest BCUT2D eigenvalue weighted by Crippen LogP contribution is -1.99. The maximum absolute atomic E-state index is 10.8. The Kier molecular flexibility index (Phi) is 2.03. The van der Waals surface area contributed by atoms with Gasteiger partial charge in [-0.3, -0.25) is 4.68 Å². The SMILES string of the molecule is Cc1cc(-c2ocnc2C(=O)O)nn1C. The lowest BCUT2D eigenvalue weighted by molar-refractivity contribution is 0.0691. The summed E-state index contributed by atoms with van der Waals surface area (Å²) < 4.78 is 6.65. The Hall–Kier alpha value is -2.11. The second kappa shape index (κ2) is 3.23. The molecule has 2 aromatic rings. The zero-order chi connectivity index (χ0) is 11.0. The van der Waals surface area contributed by atoms with Crippen molar-refractivity contribution in [3.8, 4) is 11.5 Å². The van der Waals surface area contributed by atoms with E-state index in [-0.39, 0.29) is 11.5 Å². The van der Waals surface area contributed by atoms with Gasteiger partial charge in [-0.05, 0) is 13.0 Å². The molecular weight excluding hydrogens is 198 g/mol. The molecule has 0 aliphatic carbocycles. The average molecular weight is 207 g/mol. The van der Waals surface area contributed by atoms with Crippen LogP contribution in [0.2, 0.25) is 0 Å². The summed E-state index contributed by atoms with van der Waals surface area (Å²) in [7, 11) is 1.77. The number of rotatable bonds is 2. The number of carboxylic acids is 1. The molecule has 2 rings (SSSR count). The Bertz CT molecular complexity index is 493. The van der Waals surface area contributed by atoms with E-state index in [1.807, 2.05) is 6.92 Å². The normalized spacial score (nSPS) is 10.5. The number of hydrogen-bond acceptors (Lipinski definition) is 4. The van der Waals surface area contributed by atoms with Gasteiger partial charge in [-0.25, -0.2) is 9.78 Å². The molecule has 6 nitrogen and oxygen atoms in total. The summed E-state index contributed by atoms with van der Waals surface area (Å²) in [6, 6.07) is 1.74. The molecule has 78 valence electrons. The van der Waals surface area contributed by atoms with Crippen LogP contribution >= 0.6 is 0 Å². The lowest BCUT2D eigenvalue weighted by atomic mass is 10.2. The summed E-state index contributed by atoms with van der Waals surface area (Å²) in [6.45, 7) is 1.87. The van der Waals surface area contributed by atoms with Crippen LogP contribution in [0, 0.1) is 6.92 Å². The van der Waals surface area contributed by atoms with Gasteiger partial charge in [0.1, 0.15) is 5.69 Å². The first-order valence-electron chi connectivity index (χ1n) is 4.27. The van der Waals surface area contributed by atoms with Crippen LogP contribution < -0.4 is 0 Å². The fourth-order valence-electron chi connectivity index (χ4n) is 1.25. The van der Waals surface area contributed by atoms with Gasteiger partial charge >= 0.3 is 5.97 Å². The first-order valence-corrected chi connectivity index (χ1v) is 4.27. The van der Waals surface area contributed by atoms with E-state index in [0.29, 0.717) is 5.69 Å². The molecule has 2 heterocycles. The van der Waals surface area contributed by atoms with Crippen LogP contribution in [0.4, 0.5) is 0 Å². The molecular formula is C9H9N3O3. The molecule has 0 aromatic carbocycles. The number of aromatic carboxylic acids is 1. The molecule has 0 unspecified atom stereocenters.